The Morgan fingerprint density at radius 3 is 2.68 bits per heavy atom. The van der Waals surface area contributed by atoms with Gasteiger partial charge in [-0.2, -0.15) is 0 Å². The average Bonchev–Trinajstić information content (AvgIpc) is 2.79. The van der Waals surface area contributed by atoms with Crippen molar-refractivity contribution < 1.29 is 4.79 Å². The van der Waals surface area contributed by atoms with Crippen molar-refractivity contribution in [3.8, 4) is 11.4 Å². The molecule has 1 amide bonds. The highest BCUT2D eigenvalue weighted by Gasteiger charge is 2.34. The summed E-state index contributed by atoms with van der Waals surface area (Å²) in [7, 11) is 0. The summed E-state index contributed by atoms with van der Waals surface area (Å²) in [6.45, 7) is 3.43. The second-order valence-corrected chi connectivity index (χ2v) is 8.51. The summed E-state index contributed by atoms with van der Waals surface area (Å²) in [5.41, 5.74) is 1.08. The van der Waals surface area contributed by atoms with Crippen molar-refractivity contribution in [3.63, 3.8) is 0 Å². The number of rotatable bonds is 5. The first-order chi connectivity index (χ1) is 15.0. The highest BCUT2D eigenvalue weighted by Crippen LogP contribution is 2.32. The number of amides is 1. The van der Waals surface area contributed by atoms with Crippen LogP contribution in [0.5, 0.6) is 0 Å². The number of likely N-dealkylation sites (tertiary alicyclic amines) is 1. The number of hydrogen-bond donors (Lipinski definition) is 1. The van der Waals surface area contributed by atoms with E-state index in [0.717, 1.165) is 18.7 Å². The van der Waals surface area contributed by atoms with Crippen molar-refractivity contribution >= 4 is 34.9 Å². The molecule has 0 saturated carbocycles. The van der Waals surface area contributed by atoms with Crippen molar-refractivity contribution in [1.29, 1.82) is 0 Å². The summed E-state index contributed by atoms with van der Waals surface area (Å²) in [6, 6.07) is 10.8. The number of anilines is 1. The molecule has 1 aromatic carbocycles. The summed E-state index contributed by atoms with van der Waals surface area (Å²) < 4.78 is 0. The van der Waals surface area contributed by atoms with Gasteiger partial charge in [-0.1, -0.05) is 42.3 Å². The Kier molecular flexibility index (Phi) is 6.68. The number of piperidine rings is 1. The molecule has 1 fully saturated rings. The Morgan fingerprint density at radius 1 is 1.13 bits per heavy atom. The minimum absolute atomic E-state index is 0.000424. The Morgan fingerprint density at radius 2 is 1.94 bits per heavy atom. The van der Waals surface area contributed by atoms with Crippen LogP contribution in [0.4, 0.5) is 5.82 Å². The van der Waals surface area contributed by atoms with Gasteiger partial charge in [0.2, 0.25) is 0 Å². The molecule has 0 bridgehead atoms. The molecular weight excluding hydrogens is 433 g/mol. The lowest BCUT2D eigenvalue weighted by Crippen LogP contribution is -2.51. The van der Waals surface area contributed by atoms with E-state index in [1.165, 1.54) is 0 Å². The quantitative estimate of drug-likeness (QED) is 0.572. The Balaban J connectivity index is 1.62. The molecule has 0 radical (unpaired) electrons. The van der Waals surface area contributed by atoms with Crippen LogP contribution in [0, 0.1) is 5.92 Å². The topological polar surface area (TPSA) is 71.0 Å². The van der Waals surface area contributed by atoms with Crippen LogP contribution in [0.3, 0.4) is 0 Å². The molecule has 1 N–H and O–H groups in total. The Bertz CT molecular complexity index is 1050. The van der Waals surface area contributed by atoms with Crippen LogP contribution in [0.2, 0.25) is 10.0 Å². The third-order valence-electron chi connectivity index (χ3n) is 5.63. The predicted molar refractivity (Wildman–Crippen MR) is 123 cm³/mol. The third kappa shape index (κ3) is 4.81. The van der Waals surface area contributed by atoms with Gasteiger partial charge in [0.1, 0.15) is 5.82 Å². The van der Waals surface area contributed by atoms with Gasteiger partial charge >= 0.3 is 0 Å². The first kappa shape index (κ1) is 21.5. The molecule has 31 heavy (non-hydrogen) atoms. The van der Waals surface area contributed by atoms with Gasteiger partial charge in [-0.25, -0.2) is 15.0 Å². The zero-order valence-corrected chi connectivity index (χ0v) is 18.6. The molecule has 3 heterocycles. The predicted octanol–water partition coefficient (Wildman–Crippen LogP) is 5.20. The average molecular weight is 456 g/mol. The van der Waals surface area contributed by atoms with E-state index < -0.39 is 0 Å². The minimum atomic E-state index is -0.101. The van der Waals surface area contributed by atoms with Crippen LogP contribution in [-0.2, 0) is 0 Å². The molecule has 1 aliphatic heterocycles. The van der Waals surface area contributed by atoms with Crippen LogP contribution in [-0.4, -0.2) is 44.9 Å². The number of benzene rings is 1. The van der Waals surface area contributed by atoms with Gasteiger partial charge in [-0.3, -0.25) is 4.79 Å². The molecule has 6 nitrogen and oxygen atoms in total. The van der Waals surface area contributed by atoms with Crippen LogP contribution >= 0.6 is 23.2 Å². The number of pyridine rings is 1. The van der Waals surface area contributed by atoms with Gasteiger partial charge < -0.3 is 10.2 Å². The molecule has 160 valence electrons. The second kappa shape index (κ2) is 9.62. The zero-order valence-electron chi connectivity index (χ0n) is 17.1. The van der Waals surface area contributed by atoms with Crippen molar-refractivity contribution in [3.05, 3.63) is 70.6 Å². The number of hydrogen-bond acceptors (Lipinski definition) is 5. The monoisotopic (exact) mass is 455 g/mol. The number of nitrogens with one attached hydrogen (secondary N) is 1. The molecule has 3 aromatic rings. The van der Waals surface area contributed by atoms with E-state index in [-0.39, 0.29) is 11.9 Å². The van der Waals surface area contributed by atoms with Gasteiger partial charge in [0.05, 0.1) is 21.7 Å². The fourth-order valence-electron chi connectivity index (χ4n) is 4.01. The van der Waals surface area contributed by atoms with Crippen molar-refractivity contribution in [1.82, 2.24) is 19.9 Å². The minimum Gasteiger partial charge on any atom is -0.368 e. The van der Waals surface area contributed by atoms with Gasteiger partial charge in [0.15, 0.2) is 5.82 Å². The van der Waals surface area contributed by atoms with Gasteiger partial charge in [-0.15, -0.1) is 0 Å². The van der Waals surface area contributed by atoms with E-state index in [2.05, 4.69) is 27.2 Å². The van der Waals surface area contributed by atoms with Crippen LogP contribution < -0.4 is 5.32 Å². The molecule has 1 aliphatic rings. The lowest BCUT2D eigenvalue weighted by atomic mass is 9.89. The van der Waals surface area contributed by atoms with E-state index >= 15 is 0 Å². The van der Waals surface area contributed by atoms with Crippen molar-refractivity contribution in [2.75, 3.05) is 18.4 Å². The summed E-state index contributed by atoms with van der Waals surface area (Å²) in [6.07, 6.45) is 6.93. The molecule has 0 spiro atoms. The highest BCUT2D eigenvalue weighted by atomic mass is 35.5. The molecule has 0 aliphatic carbocycles. The SMILES string of the molecule is C[C@@H]1CCCN(C(=O)c2c(Cl)cccc2-c2ncccn2)[C@@H]1CNc1ccc(Cl)cn1. The number of halogens is 2. The van der Waals surface area contributed by atoms with Gasteiger partial charge in [-0.05, 0) is 43.0 Å². The lowest BCUT2D eigenvalue weighted by molar-refractivity contribution is 0.0541. The second-order valence-electron chi connectivity index (χ2n) is 7.66. The Hall–Kier alpha value is -2.70. The fourth-order valence-corrected chi connectivity index (χ4v) is 4.38. The van der Waals surface area contributed by atoms with Crippen molar-refractivity contribution in [2.45, 2.75) is 25.8 Å². The molecule has 0 unspecified atom stereocenters. The van der Waals surface area contributed by atoms with Crippen LogP contribution in [0.1, 0.15) is 30.1 Å². The maximum atomic E-state index is 13.8. The van der Waals surface area contributed by atoms with E-state index in [1.807, 2.05) is 23.1 Å². The standard InChI is InChI=1S/C23H23Cl2N5O/c1-15-5-3-12-30(19(15)14-29-20-9-8-16(24)13-28-20)23(31)21-17(6-2-7-18(21)25)22-26-10-4-11-27-22/h2,4,6-11,13,15,19H,3,5,12,14H2,1H3,(H,28,29)/t15-,19-/m1/s1. The molecule has 2 atom stereocenters. The number of carbonyl (C=O) groups is 1. The van der Waals surface area contributed by atoms with Crippen LogP contribution in [0.25, 0.3) is 11.4 Å². The highest BCUT2D eigenvalue weighted by molar-refractivity contribution is 6.34. The van der Waals surface area contributed by atoms with Crippen LogP contribution in [0.15, 0.2) is 55.0 Å². The molecule has 4 rings (SSSR count). The zero-order chi connectivity index (χ0) is 21.8. The number of aromatic nitrogens is 3. The summed E-state index contributed by atoms with van der Waals surface area (Å²) in [5.74, 6) is 1.44. The van der Waals surface area contributed by atoms with Gasteiger partial charge in [0.25, 0.3) is 5.91 Å². The van der Waals surface area contributed by atoms with E-state index in [9.17, 15) is 4.79 Å². The first-order valence-electron chi connectivity index (χ1n) is 10.3. The number of carbonyl (C=O) groups excluding carboxylic acids is 1. The number of nitrogens with zero attached hydrogens (tertiary/aromatic N) is 4. The molecular formula is C23H23Cl2N5O. The third-order valence-corrected chi connectivity index (χ3v) is 6.17. The lowest BCUT2D eigenvalue weighted by Gasteiger charge is -2.40. The first-order valence-corrected chi connectivity index (χ1v) is 11.0. The van der Waals surface area contributed by atoms with E-state index in [4.69, 9.17) is 23.2 Å². The summed E-state index contributed by atoms with van der Waals surface area (Å²) in [5, 5.41) is 4.34. The fraction of sp³-hybridized carbons (Fsp3) is 0.304. The Labute approximate surface area is 191 Å². The van der Waals surface area contributed by atoms with E-state index in [0.29, 0.717) is 46.0 Å². The maximum absolute atomic E-state index is 13.8. The molecule has 1 saturated heterocycles. The largest absolute Gasteiger partial charge is 0.368 e. The van der Waals surface area contributed by atoms with E-state index in [1.54, 1.807) is 36.8 Å². The normalized spacial score (nSPS) is 18.6. The molecule has 2 aromatic heterocycles. The van der Waals surface area contributed by atoms with Gasteiger partial charge in [0, 0.05) is 37.2 Å². The smallest absolute Gasteiger partial charge is 0.256 e. The maximum Gasteiger partial charge on any atom is 0.256 e. The summed E-state index contributed by atoms with van der Waals surface area (Å²) in [4.78, 5) is 28.6. The van der Waals surface area contributed by atoms with Crippen molar-refractivity contribution in [2.24, 2.45) is 5.92 Å². The summed E-state index contributed by atoms with van der Waals surface area (Å²) >= 11 is 12.5. The molecule has 8 heteroatoms.